The van der Waals surface area contributed by atoms with Crippen LogP contribution in [0.5, 0.6) is 5.75 Å². The van der Waals surface area contributed by atoms with Gasteiger partial charge in [-0.3, -0.25) is 4.79 Å². The summed E-state index contributed by atoms with van der Waals surface area (Å²) >= 11 is 3.19. The molecule has 1 unspecified atom stereocenters. The van der Waals surface area contributed by atoms with Crippen LogP contribution >= 0.6 is 15.9 Å². The number of halogens is 3. The summed E-state index contributed by atoms with van der Waals surface area (Å²) in [6, 6.07) is 6.87. The number of carbonyl (C=O) groups is 1. The number of ether oxygens (including phenoxy) is 1. The van der Waals surface area contributed by atoms with Crippen LogP contribution in [0.4, 0.5) is 8.78 Å². The molecule has 2 rings (SSSR count). The topological polar surface area (TPSA) is 29.5 Å². The zero-order chi connectivity index (χ0) is 16.8. The Hall–Kier alpha value is -0.766. The Labute approximate surface area is 173 Å². The minimum atomic E-state index is -2.61. The molecule has 1 amide bonds. The summed E-state index contributed by atoms with van der Waals surface area (Å²) in [6.07, 6.45) is 0.759. The van der Waals surface area contributed by atoms with E-state index in [1.807, 2.05) is 0 Å². The van der Waals surface area contributed by atoms with Crippen molar-refractivity contribution in [3.63, 3.8) is 0 Å². The van der Waals surface area contributed by atoms with Crippen molar-refractivity contribution in [2.24, 2.45) is 0 Å². The molecule has 0 bridgehead atoms. The third kappa shape index (κ3) is 5.65. The van der Waals surface area contributed by atoms with Gasteiger partial charge in [0.1, 0.15) is 12.4 Å². The molecule has 0 N–H and O–H groups in total. The van der Waals surface area contributed by atoms with E-state index in [1.54, 1.807) is 31.2 Å². The summed E-state index contributed by atoms with van der Waals surface area (Å²) < 4.78 is 30.9. The smallest absolute Gasteiger partial charge is 0.256 e. The first-order valence-corrected chi connectivity index (χ1v) is 7.91. The molecule has 1 atom stereocenters. The molecule has 0 saturated carbocycles. The van der Waals surface area contributed by atoms with Crippen molar-refractivity contribution < 1.29 is 51.0 Å². The Morgan fingerprint density at radius 1 is 1.42 bits per heavy atom. The number of hydrogen-bond donors (Lipinski definition) is 0. The number of alkyl halides is 3. The first-order chi connectivity index (χ1) is 11.0. The van der Waals surface area contributed by atoms with Gasteiger partial charge in [0.2, 0.25) is 5.91 Å². The van der Waals surface area contributed by atoms with Crippen LogP contribution in [0.25, 0.3) is 5.70 Å². The number of benzene rings is 1. The van der Waals surface area contributed by atoms with Gasteiger partial charge in [0, 0.05) is 32.7 Å². The predicted octanol–water partition coefficient (Wildman–Crippen LogP) is 3.49. The molecule has 0 spiro atoms. The van der Waals surface area contributed by atoms with Crippen LogP contribution in [-0.4, -0.2) is 35.2 Å². The minimum Gasteiger partial charge on any atom is -0.481 e. The van der Waals surface area contributed by atoms with E-state index in [-0.39, 0.29) is 45.2 Å². The minimum absolute atomic E-state index is 0. The van der Waals surface area contributed by atoms with E-state index in [4.69, 9.17) is 4.74 Å². The standard InChI is InChI=1S/C17H15BrF2NO2.Y/c1-2-3-10-23-13-6-4-12(5-7-13)15-9-8-14(18)17(22)21(15)11-16(19)20;/h4-7,14,16H,8,10-11H2,1H3;/q-1;. The summed E-state index contributed by atoms with van der Waals surface area (Å²) in [7, 11) is 0. The van der Waals surface area contributed by atoms with E-state index in [0.29, 0.717) is 23.4 Å². The molecule has 1 aliphatic heterocycles. The number of carbonyl (C=O) groups excluding carboxylic acids is 1. The van der Waals surface area contributed by atoms with Crippen molar-refractivity contribution in [2.75, 3.05) is 13.2 Å². The molecule has 7 heteroatoms. The fourth-order valence-electron chi connectivity index (χ4n) is 2.13. The quantitative estimate of drug-likeness (QED) is 0.373. The van der Waals surface area contributed by atoms with Crippen LogP contribution in [0.3, 0.4) is 0 Å². The zero-order valence-electron chi connectivity index (χ0n) is 13.1. The van der Waals surface area contributed by atoms with Gasteiger partial charge in [-0.1, -0.05) is 28.3 Å². The van der Waals surface area contributed by atoms with E-state index in [2.05, 4.69) is 33.8 Å². The molecule has 3 nitrogen and oxygen atoms in total. The van der Waals surface area contributed by atoms with Gasteiger partial charge in [0.25, 0.3) is 6.43 Å². The fourth-order valence-corrected chi connectivity index (χ4v) is 2.54. The second kappa shape index (κ2) is 10.3. The monoisotopic (exact) mass is 471 g/mol. The van der Waals surface area contributed by atoms with Crippen LogP contribution in [0.2, 0.25) is 0 Å². The van der Waals surface area contributed by atoms with Crippen molar-refractivity contribution in [3.8, 4) is 17.6 Å². The Morgan fingerprint density at radius 2 is 2.08 bits per heavy atom. The number of hydrogen-bond acceptors (Lipinski definition) is 2. The summed E-state index contributed by atoms with van der Waals surface area (Å²) in [4.78, 5) is 12.7. The SMILES string of the molecule is CC#CCOc1ccc(C2=[C-]CC(Br)C(=O)N2CC(F)F)cc1.[Y]. The molecule has 24 heavy (non-hydrogen) atoms. The second-order valence-electron chi connectivity index (χ2n) is 4.78. The van der Waals surface area contributed by atoms with Crippen molar-refractivity contribution >= 4 is 27.5 Å². The number of allylic oxidation sites excluding steroid dienone is 1. The van der Waals surface area contributed by atoms with Gasteiger partial charge in [-0.05, 0) is 19.1 Å². The van der Waals surface area contributed by atoms with Gasteiger partial charge in [-0.25, -0.2) is 14.9 Å². The summed E-state index contributed by atoms with van der Waals surface area (Å²) in [6.45, 7) is 1.36. The first kappa shape index (κ1) is 21.3. The van der Waals surface area contributed by atoms with Crippen molar-refractivity contribution in [1.82, 2.24) is 4.90 Å². The molecule has 0 saturated heterocycles. The van der Waals surface area contributed by atoms with E-state index < -0.39 is 17.8 Å². The number of nitrogens with zero attached hydrogens (tertiary/aromatic N) is 1. The Morgan fingerprint density at radius 3 is 2.67 bits per heavy atom. The van der Waals surface area contributed by atoms with Gasteiger partial charge < -0.3 is 9.64 Å². The van der Waals surface area contributed by atoms with Gasteiger partial charge in [-0.15, -0.1) is 23.8 Å². The maximum absolute atomic E-state index is 12.8. The maximum atomic E-state index is 12.8. The molecule has 125 valence electrons. The molecule has 1 aliphatic rings. The normalized spacial score (nSPS) is 16.9. The van der Waals surface area contributed by atoms with Gasteiger partial charge in [0.05, 0.1) is 11.4 Å². The molecule has 0 aromatic heterocycles. The van der Waals surface area contributed by atoms with Crippen LogP contribution in [0, 0.1) is 17.9 Å². The van der Waals surface area contributed by atoms with Crippen molar-refractivity contribution in [2.45, 2.75) is 24.6 Å². The molecule has 0 aliphatic carbocycles. The molecule has 1 radical (unpaired) electrons. The summed E-state index contributed by atoms with van der Waals surface area (Å²) in [5.41, 5.74) is 1.03. The predicted molar refractivity (Wildman–Crippen MR) is 87.1 cm³/mol. The molecular formula is C17H15BrF2NO2Y-. The van der Waals surface area contributed by atoms with Crippen molar-refractivity contribution in [1.29, 1.82) is 0 Å². The average molecular weight is 472 g/mol. The van der Waals surface area contributed by atoms with Crippen LogP contribution in [0.1, 0.15) is 18.9 Å². The van der Waals surface area contributed by atoms with E-state index >= 15 is 0 Å². The summed E-state index contributed by atoms with van der Waals surface area (Å²) in [5.74, 6) is 5.75. The Balaban J connectivity index is 0.00000288. The van der Waals surface area contributed by atoms with E-state index in [0.717, 1.165) is 4.90 Å². The molecule has 0 fully saturated rings. The number of rotatable bonds is 5. The molecule has 1 aromatic carbocycles. The Bertz CT molecular complexity index is 653. The zero-order valence-corrected chi connectivity index (χ0v) is 17.5. The molecular weight excluding hydrogens is 457 g/mol. The molecule has 1 aromatic rings. The van der Waals surface area contributed by atoms with Crippen LogP contribution in [0.15, 0.2) is 24.3 Å². The van der Waals surface area contributed by atoms with Crippen molar-refractivity contribution in [3.05, 3.63) is 35.9 Å². The summed E-state index contributed by atoms with van der Waals surface area (Å²) in [5, 5.41) is 0. The maximum Gasteiger partial charge on any atom is 0.256 e. The molecule has 1 heterocycles. The van der Waals surface area contributed by atoms with E-state index in [1.165, 1.54) is 0 Å². The third-order valence-electron chi connectivity index (χ3n) is 3.19. The largest absolute Gasteiger partial charge is 0.481 e. The Kier molecular flexibility index (Phi) is 9.11. The van der Waals surface area contributed by atoms with Crippen LogP contribution in [-0.2, 0) is 37.5 Å². The van der Waals surface area contributed by atoms with Gasteiger partial charge in [0.15, 0.2) is 0 Å². The fraction of sp³-hybridized carbons (Fsp3) is 0.353. The van der Waals surface area contributed by atoms with Crippen LogP contribution < -0.4 is 4.74 Å². The second-order valence-corrected chi connectivity index (χ2v) is 5.88. The number of amides is 1. The van der Waals surface area contributed by atoms with E-state index in [9.17, 15) is 13.6 Å². The van der Waals surface area contributed by atoms with Gasteiger partial charge >= 0.3 is 0 Å². The van der Waals surface area contributed by atoms with Gasteiger partial charge in [-0.2, -0.15) is 5.56 Å². The first-order valence-electron chi connectivity index (χ1n) is 7.00. The third-order valence-corrected chi connectivity index (χ3v) is 3.90. The average Bonchev–Trinajstić information content (AvgIpc) is 2.53.